The molecule has 100 valence electrons. The van der Waals surface area contributed by atoms with E-state index in [0.29, 0.717) is 0 Å². The molecule has 2 heterocycles. The summed E-state index contributed by atoms with van der Waals surface area (Å²) in [7, 11) is -6.78. The molecule has 0 amide bonds. The highest BCUT2D eigenvalue weighted by atomic mass is 32.2. The molecular formula is C9H13N3O4S2. The van der Waals surface area contributed by atoms with Crippen molar-refractivity contribution in [3.05, 3.63) is 18.3 Å². The Morgan fingerprint density at radius 3 is 2.33 bits per heavy atom. The van der Waals surface area contributed by atoms with Crippen LogP contribution in [0.3, 0.4) is 0 Å². The molecule has 0 saturated carbocycles. The van der Waals surface area contributed by atoms with Gasteiger partial charge in [0.1, 0.15) is 10.7 Å². The van der Waals surface area contributed by atoms with E-state index in [-0.39, 0.29) is 35.3 Å². The van der Waals surface area contributed by atoms with Crippen molar-refractivity contribution < 1.29 is 16.8 Å². The van der Waals surface area contributed by atoms with Crippen LogP contribution >= 0.6 is 0 Å². The summed E-state index contributed by atoms with van der Waals surface area (Å²) >= 11 is 0. The van der Waals surface area contributed by atoms with E-state index in [1.165, 1.54) is 18.3 Å². The summed E-state index contributed by atoms with van der Waals surface area (Å²) in [6.45, 7) is -0.0376. The van der Waals surface area contributed by atoms with Crippen molar-refractivity contribution in [3.8, 4) is 0 Å². The molecule has 1 aromatic rings. The number of nitrogen functional groups attached to an aromatic ring is 1. The molecular weight excluding hydrogens is 278 g/mol. The van der Waals surface area contributed by atoms with Gasteiger partial charge < -0.3 is 5.73 Å². The first kappa shape index (κ1) is 13.2. The van der Waals surface area contributed by atoms with Crippen LogP contribution in [0.1, 0.15) is 0 Å². The standard InChI is InChI=1S/C9H13N3O4S2/c10-9-2-1-8(7-11-9)18(15,16)12-3-5-17(13,14)6-4-12/h1-2,7H,3-6H2,(H2,10,11). The van der Waals surface area contributed by atoms with Crippen LogP contribution in [0, 0.1) is 0 Å². The zero-order valence-electron chi connectivity index (χ0n) is 9.48. The van der Waals surface area contributed by atoms with E-state index in [1.54, 1.807) is 0 Å². The van der Waals surface area contributed by atoms with E-state index in [4.69, 9.17) is 5.73 Å². The van der Waals surface area contributed by atoms with Gasteiger partial charge in [0, 0.05) is 19.3 Å². The average molecular weight is 291 g/mol. The maximum Gasteiger partial charge on any atom is 0.244 e. The van der Waals surface area contributed by atoms with Crippen molar-refractivity contribution in [2.45, 2.75) is 4.90 Å². The lowest BCUT2D eigenvalue weighted by molar-refractivity contribution is 0.430. The summed E-state index contributed by atoms with van der Waals surface area (Å²) in [5, 5.41) is 0. The Labute approximate surface area is 106 Å². The molecule has 0 aliphatic carbocycles. The Bertz CT molecular complexity index is 623. The van der Waals surface area contributed by atoms with E-state index in [2.05, 4.69) is 4.98 Å². The van der Waals surface area contributed by atoms with Gasteiger partial charge in [0.25, 0.3) is 0 Å². The Kier molecular flexibility index (Phi) is 3.30. The van der Waals surface area contributed by atoms with Crippen molar-refractivity contribution in [3.63, 3.8) is 0 Å². The fraction of sp³-hybridized carbons (Fsp3) is 0.444. The minimum Gasteiger partial charge on any atom is -0.384 e. The van der Waals surface area contributed by atoms with Crippen LogP contribution in [0.25, 0.3) is 0 Å². The van der Waals surface area contributed by atoms with E-state index in [0.717, 1.165) is 4.31 Å². The maximum atomic E-state index is 12.2. The first-order chi connectivity index (χ1) is 8.31. The van der Waals surface area contributed by atoms with Gasteiger partial charge in [0.05, 0.1) is 11.5 Å². The third-order valence-corrected chi connectivity index (χ3v) is 6.19. The van der Waals surface area contributed by atoms with Gasteiger partial charge in [-0.05, 0) is 12.1 Å². The first-order valence-electron chi connectivity index (χ1n) is 5.23. The van der Waals surface area contributed by atoms with E-state index >= 15 is 0 Å². The monoisotopic (exact) mass is 291 g/mol. The molecule has 0 aromatic carbocycles. The number of pyridine rings is 1. The lowest BCUT2D eigenvalue weighted by atomic mass is 10.5. The van der Waals surface area contributed by atoms with Crippen molar-refractivity contribution in [2.75, 3.05) is 30.3 Å². The molecule has 0 radical (unpaired) electrons. The predicted octanol–water partition coefficient (Wildman–Crippen LogP) is -0.917. The summed E-state index contributed by atoms with van der Waals surface area (Å²) in [5.74, 6) is -0.0568. The van der Waals surface area contributed by atoms with Crippen molar-refractivity contribution in [1.29, 1.82) is 0 Å². The second kappa shape index (κ2) is 4.48. The van der Waals surface area contributed by atoms with Gasteiger partial charge in [-0.2, -0.15) is 4.31 Å². The average Bonchev–Trinajstić information content (AvgIpc) is 2.29. The predicted molar refractivity (Wildman–Crippen MR) is 66.1 cm³/mol. The summed E-state index contributed by atoms with van der Waals surface area (Å²) in [6, 6.07) is 2.76. The molecule has 0 bridgehead atoms. The molecule has 1 aliphatic heterocycles. The number of anilines is 1. The third-order valence-electron chi connectivity index (χ3n) is 2.70. The Morgan fingerprint density at radius 2 is 1.83 bits per heavy atom. The van der Waals surface area contributed by atoms with Crippen LogP contribution in [0.15, 0.2) is 23.2 Å². The molecule has 2 N–H and O–H groups in total. The Morgan fingerprint density at radius 1 is 1.22 bits per heavy atom. The molecule has 18 heavy (non-hydrogen) atoms. The molecule has 1 aromatic heterocycles. The zero-order valence-corrected chi connectivity index (χ0v) is 11.1. The van der Waals surface area contributed by atoms with Crippen LogP contribution in [-0.4, -0.2) is 50.7 Å². The highest BCUT2D eigenvalue weighted by molar-refractivity contribution is 7.92. The topological polar surface area (TPSA) is 110 Å². The van der Waals surface area contributed by atoms with Crippen LogP contribution < -0.4 is 5.73 Å². The minimum atomic E-state index is -3.68. The third kappa shape index (κ3) is 2.62. The van der Waals surface area contributed by atoms with Crippen molar-refractivity contribution in [1.82, 2.24) is 9.29 Å². The molecule has 1 aliphatic rings. The molecule has 1 saturated heterocycles. The highest BCUT2D eigenvalue weighted by Crippen LogP contribution is 2.17. The van der Waals surface area contributed by atoms with Crippen LogP contribution in [0.2, 0.25) is 0 Å². The molecule has 0 atom stereocenters. The molecule has 7 nitrogen and oxygen atoms in total. The molecule has 9 heteroatoms. The quantitative estimate of drug-likeness (QED) is 0.754. The minimum absolute atomic E-state index is 0.0188. The number of sulfone groups is 1. The van der Waals surface area contributed by atoms with Crippen LogP contribution in [0.4, 0.5) is 5.82 Å². The first-order valence-corrected chi connectivity index (χ1v) is 8.49. The number of hydrogen-bond acceptors (Lipinski definition) is 6. The number of aromatic nitrogens is 1. The smallest absolute Gasteiger partial charge is 0.244 e. The van der Waals surface area contributed by atoms with E-state index in [1.807, 2.05) is 0 Å². The number of nitrogens with zero attached hydrogens (tertiary/aromatic N) is 2. The van der Waals surface area contributed by atoms with E-state index < -0.39 is 19.9 Å². The van der Waals surface area contributed by atoms with Gasteiger partial charge in [-0.25, -0.2) is 21.8 Å². The largest absolute Gasteiger partial charge is 0.384 e. The lowest BCUT2D eigenvalue weighted by Gasteiger charge is -2.25. The molecule has 1 fully saturated rings. The summed E-state index contributed by atoms with van der Waals surface area (Å²) in [5.41, 5.74) is 5.39. The fourth-order valence-corrected chi connectivity index (χ4v) is 4.45. The zero-order chi connectivity index (χ0) is 13.4. The Balaban J connectivity index is 2.25. The van der Waals surface area contributed by atoms with E-state index in [9.17, 15) is 16.8 Å². The number of nitrogens with two attached hydrogens (primary N) is 1. The number of sulfonamides is 1. The lowest BCUT2D eigenvalue weighted by Crippen LogP contribution is -2.43. The molecule has 0 spiro atoms. The fourth-order valence-electron chi connectivity index (χ4n) is 1.63. The van der Waals surface area contributed by atoms with Gasteiger partial charge in [-0.3, -0.25) is 0 Å². The number of hydrogen-bond donors (Lipinski definition) is 1. The maximum absolute atomic E-state index is 12.2. The summed E-state index contributed by atoms with van der Waals surface area (Å²) in [6.07, 6.45) is 1.17. The SMILES string of the molecule is Nc1ccc(S(=O)(=O)N2CCS(=O)(=O)CC2)cn1. The highest BCUT2D eigenvalue weighted by Gasteiger charge is 2.31. The molecule has 0 unspecified atom stereocenters. The summed E-state index contributed by atoms with van der Waals surface area (Å²) in [4.78, 5) is 3.75. The van der Waals surface area contributed by atoms with Gasteiger partial charge in [-0.1, -0.05) is 0 Å². The van der Waals surface area contributed by atoms with Crippen molar-refractivity contribution in [2.24, 2.45) is 0 Å². The van der Waals surface area contributed by atoms with Gasteiger partial charge >= 0.3 is 0 Å². The van der Waals surface area contributed by atoms with Crippen LogP contribution in [-0.2, 0) is 19.9 Å². The Hall–Kier alpha value is -1.19. The summed E-state index contributed by atoms with van der Waals surface area (Å²) < 4.78 is 48.0. The molecule has 2 rings (SSSR count). The van der Waals surface area contributed by atoms with Gasteiger partial charge in [0.2, 0.25) is 10.0 Å². The normalized spacial score (nSPS) is 20.7. The second-order valence-electron chi connectivity index (χ2n) is 3.97. The van der Waals surface area contributed by atoms with Gasteiger partial charge in [0.15, 0.2) is 9.84 Å². The second-order valence-corrected chi connectivity index (χ2v) is 8.22. The van der Waals surface area contributed by atoms with Crippen molar-refractivity contribution >= 4 is 25.7 Å². The van der Waals surface area contributed by atoms with Crippen LogP contribution in [0.5, 0.6) is 0 Å². The van der Waals surface area contributed by atoms with Gasteiger partial charge in [-0.15, -0.1) is 0 Å². The number of rotatable bonds is 2.